The van der Waals surface area contributed by atoms with Crippen molar-refractivity contribution in [2.75, 3.05) is 52.3 Å². The van der Waals surface area contributed by atoms with Crippen LogP contribution in [0.1, 0.15) is 30.6 Å². The van der Waals surface area contributed by atoms with E-state index in [9.17, 15) is 13.2 Å². The maximum Gasteiger partial charge on any atom is 0.251 e. The molecule has 10 heteroatoms. The SMILES string of the molecule is COc1cc(C(=O)NCCS(=O)(=O)N2CCOCC2)cc(Cl)c1OCCC(C)C. The summed E-state index contributed by atoms with van der Waals surface area (Å²) >= 11 is 6.28. The minimum absolute atomic E-state index is 0.00883. The van der Waals surface area contributed by atoms with Gasteiger partial charge in [0.2, 0.25) is 10.0 Å². The number of hydrogen-bond donors (Lipinski definition) is 1. The third-order valence-electron chi connectivity index (χ3n) is 4.44. The number of amides is 1. The zero-order chi connectivity index (χ0) is 21.4. The summed E-state index contributed by atoms with van der Waals surface area (Å²) in [6.45, 7) is 6.10. The molecule has 1 amide bonds. The Balaban J connectivity index is 1.96. The molecule has 1 aliphatic heterocycles. The van der Waals surface area contributed by atoms with Gasteiger partial charge in [-0.25, -0.2) is 8.42 Å². The van der Waals surface area contributed by atoms with Crippen LogP contribution in [0.3, 0.4) is 0 Å². The summed E-state index contributed by atoms with van der Waals surface area (Å²) in [5.74, 6) is 0.614. The van der Waals surface area contributed by atoms with E-state index in [1.165, 1.54) is 23.5 Å². The molecule has 8 nitrogen and oxygen atoms in total. The lowest BCUT2D eigenvalue weighted by Gasteiger charge is -2.26. The third kappa shape index (κ3) is 7.02. The second-order valence-corrected chi connectivity index (χ2v) is 9.60. The van der Waals surface area contributed by atoms with E-state index in [4.69, 9.17) is 25.8 Å². The molecule has 1 saturated heterocycles. The number of carbonyl (C=O) groups excluding carboxylic acids is 1. The summed E-state index contributed by atoms with van der Waals surface area (Å²) in [7, 11) is -1.97. The molecule has 1 heterocycles. The molecule has 0 unspecified atom stereocenters. The first-order valence-corrected chi connectivity index (χ1v) is 11.6. The fraction of sp³-hybridized carbons (Fsp3) is 0.632. The average Bonchev–Trinajstić information content (AvgIpc) is 2.69. The Hall–Kier alpha value is -1.55. The lowest BCUT2D eigenvalue weighted by atomic mass is 10.1. The number of morpholine rings is 1. The van der Waals surface area contributed by atoms with Crippen molar-refractivity contribution in [1.82, 2.24) is 9.62 Å². The Kier molecular flexibility index (Phi) is 9.01. The number of ether oxygens (including phenoxy) is 3. The van der Waals surface area contributed by atoms with Crippen molar-refractivity contribution >= 4 is 27.5 Å². The molecule has 1 N–H and O–H groups in total. The van der Waals surface area contributed by atoms with Crippen LogP contribution >= 0.6 is 11.6 Å². The van der Waals surface area contributed by atoms with Gasteiger partial charge in [-0.2, -0.15) is 4.31 Å². The Morgan fingerprint density at radius 3 is 2.62 bits per heavy atom. The third-order valence-corrected chi connectivity index (χ3v) is 6.59. The molecule has 0 aromatic heterocycles. The molecule has 1 aromatic carbocycles. The summed E-state index contributed by atoms with van der Waals surface area (Å²) in [5, 5.41) is 2.88. The Morgan fingerprint density at radius 1 is 1.31 bits per heavy atom. The minimum Gasteiger partial charge on any atom is -0.493 e. The van der Waals surface area contributed by atoms with E-state index in [1.54, 1.807) is 0 Å². The molecule has 2 rings (SSSR count). The van der Waals surface area contributed by atoms with Crippen molar-refractivity contribution in [2.45, 2.75) is 20.3 Å². The van der Waals surface area contributed by atoms with E-state index in [0.717, 1.165) is 6.42 Å². The normalized spacial score (nSPS) is 15.3. The van der Waals surface area contributed by atoms with Crippen LogP contribution in [-0.2, 0) is 14.8 Å². The van der Waals surface area contributed by atoms with Crippen LogP contribution in [-0.4, -0.2) is 70.9 Å². The highest BCUT2D eigenvalue weighted by Gasteiger charge is 2.24. The summed E-state index contributed by atoms with van der Waals surface area (Å²) < 4.78 is 42.2. The van der Waals surface area contributed by atoms with Gasteiger partial charge in [-0.1, -0.05) is 25.4 Å². The molecule has 1 aliphatic rings. The molecule has 1 fully saturated rings. The first-order chi connectivity index (χ1) is 13.7. The van der Waals surface area contributed by atoms with Crippen molar-refractivity contribution in [1.29, 1.82) is 0 Å². The second-order valence-electron chi connectivity index (χ2n) is 7.10. The summed E-state index contributed by atoms with van der Waals surface area (Å²) in [6.07, 6.45) is 0.860. The van der Waals surface area contributed by atoms with E-state index >= 15 is 0 Å². The molecule has 0 spiro atoms. The van der Waals surface area contributed by atoms with E-state index in [2.05, 4.69) is 19.2 Å². The quantitative estimate of drug-likeness (QED) is 0.589. The molecule has 164 valence electrons. The summed E-state index contributed by atoms with van der Waals surface area (Å²) in [6, 6.07) is 3.02. The van der Waals surface area contributed by atoms with Crippen molar-refractivity contribution in [3.05, 3.63) is 22.7 Å². The predicted octanol–water partition coefficient (Wildman–Crippen LogP) is 2.17. The number of methoxy groups -OCH3 is 1. The van der Waals surface area contributed by atoms with Crippen LogP contribution < -0.4 is 14.8 Å². The molecule has 0 saturated carbocycles. The smallest absolute Gasteiger partial charge is 0.251 e. The first kappa shape index (κ1) is 23.7. The number of rotatable bonds is 10. The number of nitrogens with one attached hydrogen (secondary N) is 1. The van der Waals surface area contributed by atoms with Gasteiger partial charge in [-0.05, 0) is 24.5 Å². The Labute approximate surface area is 177 Å². The van der Waals surface area contributed by atoms with Crippen LogP contribution in [0, 0.1) is 5.92 Å². The van der Waals surface area contributed by atoms with Gasteiger partial charge in [-0.15, -0.1) is 0 Å². The van der Waals surface area contributed by atoms with Crippen LogP contribution in [0.5, 0.6) is 11.5 Å². The van der Waals surface area contributed by atoms with Gasteiger partial charge in [0.1, 0.15) is 0 Å². The van der Waals surface area contributed by atoms with E-state index in [0.29, 0.717) is 50.3 Å². The van der Waals surface area contributed by atoms with Gasteiger partial charge in [0.05, 0.1) is 37.7 Å². The van der Waals surface area contributed by atoms with Crippen molar-refractivity contribution in [3.63, 3.8) is 0 Å². The number of carbonyl (C=O) groups is 1. The van der Waals surface area contributed by atoms with E-state index < -0.39 is 15.9 Å². The molecular weight excluding hydrogens is 420 g/mol. The largest absolute Gasteiger partial charge is 0.493 e. The number of halogens is 1. The molecule has 0 atom stereocenters. The van der Waals surface area contributed by atoms with Gasteiger partial charge in [-0.3, -0.25) is 4.79 Å². The maximum absolute atomic E-state index is 12.4. The highest BCUT2D eigenvalue weighted by molar-refractivity contribution is 7.89. The van der Waals surface area contributed by atoms with Gasteiger partial charge in [0.15, 0.2) is 11.5 Å². The first-order valence-electron chi connectivity index (χ1n) is 9.58. The number of nitrogens with zero attached hydrogens (tertiary/aromatic N) is 1. The zero-order valence-corrected chi connectivity index (χ0v) is 18.6. The van der Waals surface area contributed by atoms with Crippen molar-refractivity contribution in [3.8, 4) is 11.5 Å². The van der Waals surface area contributed by atoms with E-state index in [1.807, 2.05) is 0 Å². The van der Waals surface area contributed by atoms with Gasteiger partial charge < -0.3 is 19.5 Å². The van der Waals surface area contributed by atoms with Gasteiger partial charge >= 0.3 is 0 Å². The van der Waals surface area contributed by atoms with E-state index in [-0.39, 0.29) is 22.9 Å². The van der Waals surface area contributed by atoms with Gasteiger partial charge in [0, 0.05) is 25.2 Å². The molecule has 0 radical (unpaired) electrons. The monoisotopic (exact) mass is 448 g/mol. The molecule has 0 aliphatic carbocycles. The minimum atomic E-state index is -3.44. The molecular formula is C19H29ClN2O6S. The highest BCUT2D eigenvalue weighted by atomic mass is 35.5. The van der Waals surface area contributed by atoms with Gasteiger partial charge in [0.25, 0.3) is 5.91 Å². The van der Waals surface area contributed by atoms with Crippen LogP contribution in [0.15, 0.2) is 12.1 Å². The summed E-state index contributed by atoms with van der Waals surface area (Å²) in [4.78, 5) is 12.4. The molecule has 1 aromatic rings. The zero-order valence-electron chi connectivity index (χ0n) is 17.1. The summed E-state index contributed by atoms with van der Waals surface area (Å²) in [5.41, 5.74) is 0.270. The number of hydrogen-bond acceptors (Lipinski definition) is 6. The Morgan fingerprint density at radius 2 is 2.00 bits per heavy atom. The molecule has 29 heavy (non-hydrogen) atoms. The second kappa shape index (κ2) is 11.0. The topological polar surface area (TPSA) is 94.2 Å². The van der Waals surface area contributed by atoms with Crippen LogP contribution in [0.2, 0.25) is 5.02 Å². The fourth-order valence-electron chi connectivity index (χ4n) is 2.74. The fourth-order valence-corrected chi connectivity index (χ4v) is 4.33. The van der Waals surface area contributed by atoms with Crippen molar-refractivity contribution in [2.24, 2.45) is 5.92 Å². The van der Waals surface area contributed by atoms with Crippen molar-refractivity contribution < 1.29 is 27.4 Å². The highest BCUT2D eigenvalue weighted by Crippen LogP contribution is 2.36. The average molecular weight is 449 g/mol. The maximum atomic E-state index is 12.4. The predicted molar refractivity (Wildman–Crippen MR) is 111 cm³/mol. The number of sulfonamides is 1. The number of benzene rings is 1. The Bertz CT molecular complexity index is 794. The van der Waals surface area contributed by atoms with Crippen LogP contribution in [0.4, 0.5) is 0 Å². The molecule has 0 bridgehead atoms. The standard InChI is InChI=1S/C19H29ClN2O6S/c1-14(2)4-8-28-18-16(20)12-15(13-17(18)26-3)19(23)21-5-11-29(24,25)22-6-9-27-10-7-22/h12-14H,4-11H2,1-3H3,(H,21,23). The lowest BCUT2D eigenvalue weighted by Crippen LogP contribution is -2.43. The van der Waals surface area contributed by atoms with Crippen LogP contribution in [0.25, 0.3) is 0 Å². The lowest BCUT2D eigenvalue weighted by molar-refractivity contribution is 0.0730.